The van der Waals surface area contributed by atoms with Crippen molar-refractivity contribution < 1.29 is 5.11 Å². The van der Waals surface area contributed by atoms with Crippen molar-refractivity contribution >= 4 is 0 Å². The van der Waals surface area contributed by atoms with Crippen LogP contribution in [0.25, 0.3) is 0 Å². The van der Waals surface area contributed by atoms with Gasteiger partial charge in [0.1, 0.15) is 0 Å². The summed E-state index contributed by atoms with van der Waals surface area (Å²) in [7, 11) is 0. The minimum Gasteiger partial charge on any atom is -0.392 e. The van der Waals surface area contributed by atoms with Crippen LogP contribution in [0.3, 0.4) is 0 Å². The molecule has 1 rings (SSSR count). The number of aliphatic hydroxyl groups excluding tert-OH is 1. The van der Waals surface area contributed by atoms with Crippen LogP contribution in [0.2, 0.25) is 0 Å². The molecule has 0 bridgehead atoms. The third-order valence-corrected chi connectivity index (χ3v) is 3.00. The van der Waals surface area contributed by atoms with Gasteiger partial charge in [0.2, 0.25) is 0 Å². The molecule has 0 aliphatic heterocycles. The van der Waals surface area contributed by atoms with Crippen molar-refractivity contribution in [1.29, 1.82) is 0 Å². The van der Waals surface area contributed by atoms with E-state index in [1.54, 1.807) is 0 Å². The van der Waals surface area contributed by atoms with Gasteiger partial charge in [0, 0.05) is 6.42 Å². The smallest absolute Gasteiger partial charge is 0.0679 e. The quantitative estimate of drug-likeness (QED) is 0.623. The maximum absolute atomic E-state index is 9.70. The Morgan fingerprint density at radius 3 is 2.75 bits per heavy atom. The molecule has 3 atom stereocenters. The predicted octanol–water partition coefficient (Wildman–Crippen LogP) is 2.20. The van der Waals surface area contributed by atoms with Gasteiger partial charge in [0.15, 0.2) is 0 Å². The number of hydrogen-bond acceptors (Lipinski definition) is 1. The number of rotatable bonds is 2. The van der Waals surface area contributed by atoms with Crippen molar-refractivity contribution in [3.63, 3.8) is 0 Å². The van der Waals surface area contributed by atoms with E-state index in [1.165, 1.54) is 19.3 Å². The second-order valence-electron chi connectivity index (χ2n) is 3.90. The summed E-state index contributed by atoms with van der Waals surface area (Å²) in [5, 5.41) is 9.70. The van der Waals surface area contributed by atoms with Crippen LogP contribution in [0.15, 0.2) is 0 Å². The highest BCUT2D eigenvalue weighted by molar-refractivity contribution is 4.90. The highest BCUT2D eigenvalue weighted by Crippen LogP contribution is 2.32. The Hall–Kier alpha value is -0.480. The van der Waals surface area contributed by atoms with Crippen molar-refractivity contribution in [2.45, 2.75) is 45.1 Å². The van der Waals surface area contributed by atoms with Crippen LogP contribution in [0.5, 0.6) is 0 Å². The van der Waals surface area contributed by atoms with Gasteiger partial charge in [-0.05, 0) is 18.3 Å². The Bertz CT molecular complexity index is 168. The van der Waals surface area contributed by atoms with Crippen molar-refractivity contribution in [1.82, 2.24) is 0 Å². The summed E-state index contributed by atoms with van der Waals surface area (Å²) in [4.78, 5) is 0. The van der Waals surface area contributed by atoms with E-state index < -0.39 is 0 Å². The lowest BCUT2D eigenvalue weighted by molar-refractivity contribution is 0.0576. The van der Waals surface area contributed by atoms with Gasteiger partial charge in [-0.2, -0.15) is 0 Å². The van der Waals surface area contributed by atoms with E-state index >= 15 is 0 Å². The SMILES string of the molecule is C#CCC(O)C1CCCCC1C. The van der Waals surface area contributed by atoms with Gasteiger partial charge in [0.05, 0.1) is 6.10 Å². The van der Waals surface area contributed by atoms with Gasteiger partial charge in [-0.25, -0.2) is 0 Å². The summed E-state index contributed by atoms with van der Waals surface area (Å²) in [5.41, 5.74) is 0. The zero-order chi connectivity index (χ0) is 8.97. The van der Waals surface area contributed by atoms with E-state index in [2.05, 4.69) is 12.8 Å². The molecule has 0 saturated heterocycles. The van der Waals surface area contributed by atoms with Crippen molar-refractivity contribution in [3.8, 4) is 12.3 Å². The summed E-state index contributed by atoms with van der Waals surface area (Å²) in [5.74, 6) is 3.64. The summed E-state index contributed by atoms with van der Waals surface area (Å²) in [6.45, 7) is 2.23. The first-order chi connectivity index (χ1) is 5.75. The van der Waals surface area contributed by atoms with Gasteiger partial charge in [-0.15, -0.1) is 12.3 Å². The molecule has 68 valence electrons. The van der Waals surface area contributed by atoms with Crippen LogP contribution in [0.1, 0.15) is 39.0 Å². The molecule has 1 nitrogen and oxygen atoms in total. The van der Waals surface area contributed by atoms with Crippen LogP contribution in [-0.4, -0.2) is 11.2 Å². The molecule has 1 aliphatic carbocycles. The standard InChI is InChI=1S/C11H18O/c1-3-6-11(12)10-8-5-4-7-9(10)2/h1,9-12H,4-8H2,2H3. The number of terminal acetylenes is 1. The second kappa shape index (κ2) is 4.52. The van der Waals surface area contributed by atoms with Crippen LogP contribution < -0.4 is 0 Å². The topological polar surface area (TPSA) is 20.2 Å². The van der Waals surface area contributed by atoms with Gasteiger partial charge in [-0.3, -0.25) is 0 Å². The Balaban J connectivity index is 2.43. The fourth-order valence-corrected chi connectivity index (χ4v) is 2.19. The van der Waals surface area contributed by atoms with E-state index in [0.717, 1.165) is 6.42 Å². The van der Waals surface area contributed by atoms with Crippen molar-refractivity contribution in [2.75, 3.05) is 0 Å². The molecule has 0 aromatic rings. The molecule has 3 unspecified atom stereocenters. The van der Waals surface area contributed by atoms with Crippen molar-refractivity contribution in [3.05, 3.63) is 0 Å². The lowest BCUT2D eigenvalue weighted by atomic mass is 9.76. The second-order valence-corrected chi connectivity index (χ2v) is 3.90. The molecule has 0 radical (unpaired) electrons. The summed E-state index contributed by atoms with van der Waals surface area (Å²) in [6, 6.07) is 0. The molecule has 1 fully saturated rings. The molecule has 1 N–H and O–H groups in total. The Kier molecular flexibility index (Phi) is 3.62. The molecular weight excluding hydrogens is 148 g/mol. The van der Waals surface area contributed by atoms with Crippen LogP contribution in [0.4, 0.5) is 0 Å². The van der Waals surface area contributed by atoms with E-state index in [9.17, 15) is 5.11 Å². The van der Waals surface area contributed by atoms with Gasteiger partial charge in [-0.1, -0.05) is 26.2 Å². The van der Waals surface area contributed by atoms with Gasteiger partial charge < -0.3 is 5.11 Å². The maximum Gasteiger partial charge on any atom is 0.0679 e. The van der Waals surface area contributed by atoms with Gasteiger partial charge >= 0.3 is 0 Å². The lowest BCUT2D eigenvalue weighted by Crippen LogP contribution is -2.28. The third-order valence-electron chi connectivity index (χ3n) is 3.00. The molecule has 0 heterocycles. The molecule has 1 saturated carbocycles. The van der Waals surface area contributed by atoms with Crippen molar-refractivity contribution in [2.24, 2.45) is 11.8 Å². The zero-order valence-corrected chi connectivity index (χ0v) is 7.79. The summed E-state index contributed by atoms with van der Waals surface area (Å²) < 4.78 is 0. The lowest BCUT2D eigenvalue weighted by Gasteiger charge is -2.31. The summed E-state index contributed by atoms with van der Waals surface area (Å²) >= 11 is 0. The fraction of sp³-hybridized carbons (Fsp3) is 0.818. The molecule has 0 aromatic heterocycles. The van der Waals surface area contributed by atoms with Gasteiger partial charge in [0.25, 0.3) is 0 Å². The van der Waals surface area contributed by atoms with Crippen LogP contribution >= 0.6 is 0 Å². The van der Waals surface area contributed by atoms with E-state index in [-0.39, 0.29) is 6.10 Å². The Morgan fingerprint density at radius 2 is 2.17 bits per heavy atom. The first kappa shape index (κ1) is 9.61. The zero-order valence-electron chi connectivity index (χ0n) is 7.79. The Morgan fingerprint density at radius 1 is 1.50 bits per heavy atom. The number of aliphatic hydroxyl groups is 1. The molecule has 1 aliphatic rings. The third kappa shape index (κ3) is 2.25. The first-order valence-corrected chi connectivity index (χ1v) is 4.87. The van der Waals surface area contributed by atoms with E-state index in [1.807, 2.05) is 0 Å². The normalized spacial score (nSPS) is 32.4. The minimum atomic E-state index is -0.259. The fourth-order valence-electron chi connectivity index (χ4n) is 2.19. The molecule has 1 heteroatoms. The highest BCUT2D eigenvalue weighted by Gasteiger charge is 2.26. The molecule has 0 amide bonds. The maximum atomic E-state index is 9.70. The monoisotopic (exact) mass is 166 g/mol. The highest BCUT2D eigenvalue weighted by atomic mass is 16.3. The Labute approximate surface area is 75.2 Å². The minimum absolute atomic E-state index is 0.259. The molecule has 0 aromatic carbocycles. The summed E-state index contributed by atoms with van der Waals surface area (Å²) in [6.07, 6.45) is 10.4. The number of hydrogen-bond donors (Lipinski definition) is 1. The van der Waals surface area contributed by atoms with E-state index in [4.69, 9.17) is 6.42 Å². The average molecular weight is 166 g/mol. The van der Waals surface area contributed by atoms with Crippen LogP contribution in [0, 0.1) is 24.2 Å². The van der Waals surface area contributed by atoms with E-state index in [0.29, 0.717) is 18.3 Å². The largest absolute Gasteiger partial charge is 0.392 e. The average Bonchev–Trinajstić information content (AvgIpc) is 2.05. The first-order valence-electron chi connectivity index (χ1n) is 4.87. The van der Waals surface area contributed by atoms with Crippen LogP contribution in [-0.2, 0) is 0 Å². The predicted molar refractivity (Wildman–Crippen MR) is 50.6 cm³/mol. The molecular formula is C11H18O. The molecule has 0 spiro atoms. The molecule has 12 heavy (non-hydrogen) atoms.